The molecule has 192 valence electrons. The number of hydrogen-bond acceptors (Lipinski definition) is 6. The zero-order valence-corrected chi connectivity index (χ0v) is 22.2. The molecule has 0 bridgehead atoms. The summed E-state index contributed by atoms with van der Waals surface area (Å²) in [7, 11) is 8.79. The summed E-state index contributed by atoms with van der Waals surface area (Å²) < 4.78 is 21.7. The van der Waals surface area contributed by atoms with Crippen molar-refractivity contribution in [3.8, 4) is 23.0 Å². The van der Waals surface area contributed by atoms with Crippen LogP contribution in [0.5, 0.6) is 23.0 Å². The van der Waals surface area contributed by atoms with E-state index in [-0.39, 0.29) is 18.3 Å². The summed E-state index contributed by atoms with van der Waals surface area (Å²) in [4.78, 5) is 17.3. The molecule has 0 fully saturated rings. The van der Waals surface area contributed by atoms with Crippen molar-refractivity contribution < 1.29 is 23.7 Å². The number of fused-ring (bicyclic) bond motifs is 2. The largest absolute Gasteiger partial charge is 0.493 e. The van der Waals surface area contributed by atoms with Crippen LogP contribution in [-0.4, -0.2) is 77.4 Å². The Hall–Kier alpha value is -2.64. The third-order valence-electron chi connectivity index (χ3n) is 7.10. The molecule has 2 aromatic rings. The van der Waals surface area contributed by atoms with Crippen molar-refractivity contribution in [1.82, 2.24) is 9.80 Å². The van der Waals surface area contributed by atoms with Gasteiger partial charge in [0.2, 0.25) is 5.91 Å². The molecule has 1 heterocycles. The first-order chi connectivity index (χ1) is 16.5. The number of benzene rings is 2. The molecule has 0 spiro atoms. The van der Waals surface area contributed by atoms with Crippen molar-refractivity contribution in [1.29, 1.82) is 0 Å². The molecule has 0 saturated heterocycles. The van der Waals surface area contributed by atoms with Gasteiger partial charge >= 0.3 is 0 Å². The van der Waals surface area contributed by atoms with Gasteiger partial charge in [0.05, 0.1) is 34.9 Å². The third kappa shape index (κ3) is 5.78. The molecule has 35 heavy (non-hydrogen) atoms. The Bertz CT molecular complexity index is 1040. The molecule has 1 aliphatic heterocycles. The molecule has 1 amide bonds. The zero-order chi connectivity index (χ0) is 24.2. The number of hydrogen-bond donors (Lipinski definition) is 0. The average Bonchev–Trinajstić information content (AvgIpc) is 2.98. The van der Waals surface area contributed by atoms with Gasteiger partial charge in [-0.3, -0.25) is 4.79 Å². The Morgan fingerprint density at radius 1 is 0.886 bits per heavy atom. The molecular formula is C27H37ClN2O5. The lowest BCUT2D eigenvalue weighted by Crippen LogP contribution is -2.36. The van der Waals surface area contributed by atoms with Crippen molar-refractivity contribution >= 4 is 18.3 Å². The molecule has 1 aliphatic carbocycles. The number of carbonyl (C=O) groups excluding carboxylic acids is 1. The Morgan fingerprint density at radius 3 is 2.09 bits per heavy atom. The summed E-state index contributed by atoms with van der Waals surface area (Å²) in [6.45, 7) is 3.47. The Morgan fingerprint density at radius 2 is 1.46 bits per heavy atom. The van der Waals surface area contributed by atoms with E-state index in [1.165, 1.54) is 16.7 Å². The van der Waals surface area contributed by atoms with Crippen molar-refractivity contribution in [2.45, 2.75) is 31.6 Å². The summed E-state index contributed by atoms with van der Waals surface area (Å²) in [6.07, 6.45) is 3.27. The first-order valence-corrected chi connectivity index (χ1v) is 11.9. The average molecular weight is 505 g/mol. The highest BCUT2D eigenvalue weighted by molar-refractivity contribution is 5.85. The lowest BCUT2D eigenvalue weighted by atomic mass is 9.77. The maximum absolute atomic E-state index is 12.9. The van der Waals surface area contributed by atoms with Crippen LogP contribution in [0.4, 0.5) is 0 Å². The van der Waals surface area contributed by atoms with E-state index in [4.69, 9.17) is 18.9 Å². The molecule has 8 heteroatoms. The van der Waals surface area contributed by atoms with E-state index in [1.807, 2.05) is 17.0 Å². The van der Waals surface area contributed by atoms with E-state index in [1.54, 1.807) is 28.4 Å². The number of rotatable bonds is 10. The summed E-state index contributed by atoms with van der Waals surface area (Å²) in [6, 6.07) is 8.18. The minimum absolute atomic E-state index is 0. The Balaban J connectivity index is 0.00000342. The smallest absolute Gasteiger partial charge is 0.227 e. The van der Waals surface area contributed by atoms with Crippen molar-refractivity contribution in [2.24, 2.45) is 0 Å². The number of nitrogens with zero attached hydrogens (tertiary/aromatic N) is 2. The van der Waals surface area contributed by atoms with E-state index in [9.17, 15) is 4.79 Å². The van der Waals surface area contributed by atoms with Crippen LogP contribution in [0.3, 0.4) is 0 Å². The van der Waals surface area contributed by atoms with Crippen LogP contribution in [0.25, 0.3) is 0 Å². The zero-order valence-electron chi connectivity index (χ0n) is 21.4. The van der Waals surface area contributed by atoms with Crippen LogP contribution in [0.1, 0.15) is 34.6 Å². The molecule has 1 atom stereocenters. The van der Waals surface area contributed by atoms with Crippen LogP contribution in [0.15, 0.2) is 24.3 Å². The molecule has 2 aromatic carbocycles. The van der Waals surface area contributed by atoms with Gasteiger partial charge in [0.15, 0.2) is 23.0 Å². The number of methoxy groups -OCH3 is 4. The normalized spacial score (nSPS) is 16.5. The molecule has 0 saturated carbocycles. The standard InChI is InChI=1S/C27H36N2O5.ClH/c1-28(17-21-11-20-14-25(33-4)26(34-5)16-22(20)21)8-6-9-29-10-7-18-12-23(31-2)24(32-3)13-19(18)15-27(29)30;/h12-14,16,21H,6-11,15,17H2,1-5H3;1H/t21-;/m0./s1. The molecule has 0 N–H and O–H groups in total. The maximum Gasteiger partial charge on any atom is 0.227 e. The van der Waals surface area contributed by atoms with Crippen LogP contribution in [-0.2, 0) is 24.1 Å². The van der Waals surface area contributed by atoms with Crippen LogP contribution in [0.2, 0.25) is 0 Å². The van der Waals surface area contributed by atoms with E-state index in [2.05, 4.69) is 24.1 Å². The van der Waals surface area contributed by atoms with Gasteiger partial charge in [-0.25, -0.2) is 0 Å². The van der Waals surface area contributed by atoms with Gasteiger partial charge in [0, 0.05) is 25.6 Å². The van der Waals surface area contributed by atoms with Gasteiger partial charge in [-0.2, -0.15) is 0 Å². The molecule has 4 rings (SSSR count). The van der Waals surface area contributed by atoms with Gasteiger partial charge in [-0.15, -0.1) is 12.4 Å². The summed E-state index contributed by atoms with van der Waals surface area (Å²) in [5.74, 6) is 3.69. The number of ether oxygens (including phenoxy) is 4. The quantitative estimate of drug-likeness (QED) is 0.491. The van der Waals surface area contributed by atoms with E-state index >= 15 is 0 Å². The highest BCUT2D eigenvalue weighted by Gasteiger charge is 2.29. The predicted octanol–water partition coefficient (Wildman–Crippen LogP) is 3.73. The Labute approximate surface area is 214 Å². The summed E-state index contributed by atoms with van der Waals surface area (Å²) in [5, 5.41) is 0. The van der Waals surface area contributed by atoms with Crippen LogP contribution in [0, 0.1) is 0 Å². The van der Waals surface area contributed by atoms with E-state index in [0.717, 1.165) is 68.3 Å². The number of likely N-dealkylation sites (N-methyl/N-ethyl adjacent to an activating group) is 1. The molecular weight excluding hydrogens is 468 g/mol. The second-order valence-electron chi connectivity index (χ2n) is 9.21. The first-order valence-electron chi connectivity index (χ1n) is 11.9. The lowest BCUT2D eigenvalue weighted by molar-refractivity contribution is -0.130. The van der Waals surface area contributed by atoms with Crippen LogP contribution < -0.4 is 18.9 Å². The fraction of sp³-hybridized carbons (Fsp3) is 0.519. The van der Waals surface area contributed by atoms with Gasteiger partial charge in [-0.1, -0.05) is 0 Å². The number of carbonyl (C=O) groups is 1. The van der Waals surface area contributed by atoms with Gasteiger partial charge < -0.3 is 28.7 Å². The maximum atomic E-state index is 12.9. The lowest BCUT2D eigenvalue weighted by Gasteiger charge is -2.34. The molecule has 0 radical (unpaired) electrons. The molecule has 0 unspecified atom stereocenters. The van der Waals surface area contributed by atoms with Crippen molar-refractivity contribution in [2.75, 3.05) is 61.7 Å². The van der Waals surface area contributed by atoms with Crippen molar-refractivity contribution in [3.63, 3.8) is 0 Å². The van der Waals surface area contributed by atoms with Gasteiger partial charge in [-0.05, 0) is 79.4 Å². The fourth-order valence-electron chi connectivity index (χ4n) is 5.15. The van der Waals surface area contributed by atoms with E-state index < -0.39 is 0 Å². The highest BCUT2D eigenvalue weighted by Crippen LogP contribution is 2.42. The van der Waals surface area contributed by atoms with Gasteiger partial charge in [0.25, 0.3) is 0 Å². The summed E-state index contributed by atoms with van der Waals surface area (Å²) >= 11 is 0. The second-order valence-corrected chi connectivity index (χ2v) is 9.21. The third-order valence-corrected chi connectivity index (χ3v) is 7.10. The highest BCUT2D eigenvalue weighted by atomic mass is 35.5. The number of amides is 1. The first kappa shape index (κ1) is 27.0. The van der Waals surface area contributed by atoms with Crippen LogP contribution >= 0.6 is 12.4 Å². The predicted molar refractivity (Wildman–Crippen MR) is 139 cm³/mol. The SMILES string of the molecule is COc1cc2c(cc1OC)CC(=O)N(CCCN(C)C[C@@H]1Cc3cc(OC)c(OC)cc31)CC2.Cl. The topological polar surface area (TPSA) is 60.5 Å². The minimum Gasteiger partial charge on any atom is -0.493 e. The Kier molecular flexibility index (Phi) is 9.14. The van der Waals surface area contributed by atoms with Gasteiger partial charge in [0.1, 0.15) is 0 Å². The van der Waals surface area contributed by atoms with Crippen molar-refractivity contribution in [3.05, 3.63) is 46.5 Å². The monoisotopic (exact) mass is 504 g/mol. The van der Waals surface area contributed by atoms with E-state index in [0.29, 0.717) is 18.1 Å². The molecule has 0 aromatic heterocycles. The minimum atomic E-state index is 0. The fourth-order valence-corrected chi connectivity index (χ4v) is 5.15. The number of halogens is 1. The second kappa shape index (κ2) is 11.9. The molecule has 7 nitrogen and oxygen atoms in total. The molecule has 2 aliphatic rings. The summed E-state index contributed by atoms with van der Waals surface area (Å²) in [5.41, 5.74) is 4.91.